The second kappa shape index (κ2) is 50.5. The average Bonchev–Trinajstić information content (AvgIpc) is 2.35. The molecule has 29 heavy (non-hydrogen) atoms. The summed E-state index contributed by atoms with van der Waals surface area (Å²) in [4.78, 5) is 45.0. The van der Waals surface area contributed by atoms with Gasteiger partial charge in [-0.3, -0.25) is 24.0 Å². The molecule has 0 heterocycles. The van der Waals surface area contributed by atoms with Crippen molar-refractivity contribution in [2.24, 2.45) is 11.5 Å². The Labute approximate surface area is 203 Å². The van der Waals surface area contributed by atoms with Crippen LogP contribution in [0.25, 0.3) is 0 Å². The Bertz CT molecular complexity index is 295. The molecule has 0 aromatic carbocycles. The van der Waals surface area contributed by atoms with Crippen LogP contribution < -0.4 is 16.8 Å². The molecule has 173 valence electrons. The number of hydrogen-bond acceptors (Lipinski definition) is 8. The van der Waals surface area contributed by atoms with Gasteiger partial charge in [0, 0.05) is 107 Å². The van der Waals surface area contributed by atoms with Gasteiger partial charge in [0.05, 0.1) is 0 Å². The van der Waals surface area contributed by atoms with Crippen molar-refractivity contribution in [3.8, 4) is 0 Å². The van der Waals surface area contributed by atoms with Crippen LogP contribution >= 0.6 is 0 Å². The summed E-state index contributed by atoms with van der Waals surface area (Å²) >= 11 is 0. The van der Waals surface area contributed by atoms with Gasteiger partial charge < -0.3 is 42.3 Å². The Morgan fingerprint density at radius 3 is 0.759 bits per heavy atom. The third kappa shape index (κ3) is 2170. The standard InChI is InChI=1S/C4H13N3.5C2H4O2.Fe.Na/c5-1-3-7-4-2-6;5*1-2(3)4;;/h7H,1-6H2;5*1H3,(H,3,4);;. The molecule has 0 aromatic rings. The smallest absolute Gasteiger partial charge is 0.300 e. The first kappa shape index (κ1) is 50.9. The number of hydrogen-bond donors (Lipinski definition) is 8. The third-order valence-electron chi connectivity index (χ3n) is 0.642. The van der Waals surface area contributed by atoms with Crippen molar-refractivity contribution in [3.63, 3.8) is 0 Å². The molecular weight excluding hydrogens is 449 g/mol. The second-order valence-corrected chi connectivity index (χ2v) is 3.92. The van der Waals surface area contributed by atoms with E-state index in [1.165, 1.54) is 0 Å². The maximum Gasteiger partial charge on any atom is 0.300 e. The van der Waals surface area contributed by atoms with E-state index in [4.69, 9.17) is 61.0 Å². The van der Waals surface area contributed by atoms with Gasteiger partial charge in [-0.15, -0.1) is 0 Å². The van der Waals surface area contributed by atoms with Gasteiger partial charge in [-0.1, -0.05) is 0 Å². The molecule has 0 aliphatic rings. The fraction of sp³-hybridized carbons (Fsp3) is 0.643. The Balaban J connectivity index is -0.0000000305. The number of rotatable bonds is 4. The van der Waals surface area contributed by atoms with Gasteiger partial charge in [0.2, 0.25) is 0 Å². The summed E-state index contributed by atoms with van der Waals surface area (Å²) < 4.78 is 0. The van der Waals surface area contributed by atoms with Gasteiger partial charge >= 0.3 is 0 Å². The van der Waals surface area contributed by atoms with E-state index < -0.39 is 29.8 Å². The van der Waals surface area contributed by atoms with Crippen LogP contribution in [0.5, 0.6) is 0 Å². The van der Waals surface area contributed by atoms with Crippen LogP contribution in [-0.2, 0) is 41.0 Å². The number of carboxylic acids is 5. The summed E-state index contributed by atoms with van der Waals surface area (Å²) in [6.07, 6.45) is 0. The molecule has 0 bridgehead atoms. The number of carbonyl (C=O) groups is 5. The summed E-state index contributed by atoms with van der Waals surface area (Å²) in [6, 6.07) is 0. The van der Waals surface area contributed by atoms with E-state index in [0.29, 0.717) is 13.1 Å². The molecular formula is C14H33FeN3NaO10. The summed E-state index contributed by atoms with van der Waals surface area (Å²) in [5.74, 6) is -4.17. The van der Waals surface area contributed by atoms with E-state index >= 15 is 0 Å². The molecule has 0 unspecified atom stereocenters. The predicted octanol–water partition coefficient (Wildman–Crippen LogP) is -1.44. The van der Waals surface area contributed by atoms with Crippen molar-refractivity contribution in [1.29, 1.82) is 0 Å². The summed E-state index contributed by atoms with van der Waals surface area (Å²) in [6.45, 7) is 8.55. The van der Waals surface area contributed by atoms with E-state index in [9.17, 15) is 0 Å². The van der Waals surface area contributed by atoms with Crippen molar-refractivity contribution in [2.75, 3.05) is 26.2 Å². The summed E-state index contributed by atoms with van der Waals surface area (Å²) in [7, 11) is 0. The molecule has 13 nitrogen and oxygen atoms in total. The Hall–Kier alpha value is -1.25. The number of nitrogens with two attached hydrogens (primary N) is 2. The van der Waals surface area contributed by atoms with Crippen LogP contribution in [0, 0.1) is 0 Å². The molecule has 0 spiro atoms. The van der Waals surface area contributed by atoms with Gasteiger partial charge in [-0.05, 0) is 0 Å². The van der Waals surface area contributed by atoms with Crippen LogP contribution in [0.15, 0.2) is 0 Å². The molecule has 0 fully saturated rings. The van der Waals surface area contributed by atoms with E-state index in [-0.39, 0.29) is 46.6 Å². The van der Waals surface area contributed by atoms with Crippen molar-refractivity contribution < 1.29 is 66.6 Å². The molecule has 10 N–H and O–H groups in total. The molecule has 15 heteroatoms. The molecule has 0 atom stereocenters. The number of nitrogens with one attached hydrogen (secondary N) is 1. The molecule has 0 aromatic heterocycles. The minimum Gasteiger partial charge on any atom is -0.481 e. The SMILES string of the molecule is CC(=O)O.CC(=O)O.CC(=O)O.CC(=O)O.CC(=O)O.NCCNCCN.[Fe].[Na]. The molecule has 0 aliphatic carbocycles. The second-order valence-electron chi connectivity index (χ2n) is 3.92. The van der Waals surface area contributed by atoms with E-state index in [1.807, 2.05) is 0 Å². The summed E-state index contributed by atoms with van der Waals surface area (Å²) in [5.41, 5.74) is 10.3. The maximum atomic E-state index is 9.00. The van der Waals surface area contributed by atoms with Gasteiger partial charge in [-0.25, -0.2) is 0 Å². The Morgan fingerprint density at radius 2 is 0.690 bits per heavy atom. The topological polar surface area (TPSA) is 251 Å². The number of carboxylic acid groups (broad SMARTS) is 5. The van der Waals surface area contributed by atoms with E-state index in [2.05, 4.69) is 5.32 Å². The summed E-state index contributed by atoms with van der Waals surface area (Å²) in [5, 5.41) is 40.1. The first-order valence-electron chi connectivity index (χ1n) is 7.16. The molecule has 0 saturated heterocycles. The monoisotopic (exact) mass is 482 g/mol. The largest absolute Gasteiger partial charge is 0.481 e. The van der Waals surface area contributed by atoms with Gasteiger partial charge in [0.25, 0.3) is 29.8 Å². The van der Waals surface area contributed by atoms with Gasteiger partial charge in [0.1, 0.15) is 0 Å². The quantitative estimate of drug-likeness (QED) is 0.169. The van der Waals surface area contributed by atoms with Crippen LogP contribution in [0.2, 0.25) is 0 Å². The van der Waals surface area contributed by atoms with Crippen LogP contribution in [-0.4, -0.2) is 111 Å². The molecule has 0 aliphatic heterocycles. The molecule has 1 radical (unpaired) electrons. The van der Waals surface area contributed by atoms with Crippen LogP contribution in [0.3, 0.4) is 0 Å². The first-order chi connectivity index (χ1) is 12.1. The zero-order valence-corrected chi connectivity index (χ0v) is 20.7. The van der Waals surface area contributed by atoms with E-state index in [1.54, 1.807) is 0 Å². The normalized spacial score (nSPS) is 6.59. The van der Waals surface area contributed by atoms with E-state index in [0.717, 1.165) is 47.7 Å². The van der Waals surface area contributed by atoms with Crippen LogP contribution in [0.4, 0.5) is 0 Å². The Kier molecular flexibility index (Phi) is 88.6. The minimum absolute atomic E-state index is 0. The average molecular weight is 482 g/mol. The molecule has 0 rings (SSSR count). The van der Waals surface area contributed by atoms with Gasteiger partial charge in [0.15, 0.2) is 0 Å². The minimum atomic E-state index is -0.833. The van der Waals surface area contributed by atoms with Crippen molar-refractivity contribution >= 4 is 59.4 Å². The van der Waals surface area contributed by atoms with Crippen molar-refractivity contribution in [2.45, 2.75) is 34.6 Å². The molecule has 0 saturated carbocycles. The zero-order chi connectivity index (χ0) is 23.4. The number of aliphatic carboxylic acids is 5. The van der Waals surface area contributed by atoms with Gasteiger partial charge in [-0.2, -0.15) is 0 Å². The third-order valence-corrected chi connectivity index (χ3v) is 0.642. The first-order valence-corrected chi connectivity index (χ1v) is 7.16. The van der Waals surface area contributed by atoms with Crippen LogP contribution in [0.1, 0.15) is 34.6 Å². The Morgan fingerprint density at radius 1 is 0.586 bits per heavy atom. The predicted molar refractivity (Wildman–Crippen MR) is 103 cm³/mol. The maximum absolute atomic E-state index is 9.00. The van der Waals surface area contributed by atoms with Crippen molar-refractivity contribution in [3.05, 3.63) is 0 Å². The fourth-order valence-electron chi connectivity index (χ4n) is 0.329. The fourth-order valence-corrected chi connectivity index (χ4v) is 0.329. The van der Waals surface area contributed by atoms with Crippen molar-refractivity contribution in [1.82, 2.24) is 5.32 Å². The zero-order valence-electron chi connectivity index (χ0n) is 17.6. The molecule has 0 amide bonds.